The van der Waals surface area contributed by atoms with Crippen LogP contribution in [0.1, 0.15) is 16.6 Å². The topological polar surface area (TPSA) is 42.3 Å². The summed E-state index contributed by atoms with van der Waals surface area (Å²) in [7, 11) is 7.79. The minimum absolute atomic E-state index is 0.0546. The highest BCUT2D eigenvalue weighted by Crippen LogP contribution is 2.37. The lowest BCUT2D eigenvalue weighted by Crippen LogP contribution is -2.25. The Balaban J connectivity index is 2.36. The zero-order valence-electron chi connectivity index (χ0n) is 12.8. The molecular weight excluding hydrogens is 352 g/mol. The van der Waals surface area contributed by atoms with Gasteiger partial charge in [0.2, 0.25) is 0 Å². The molecule has 1 unspecified atom stereocenters. The van der Waals surface area contributed by atoms with Crippen molar-refractivity contribution in [3.63, 3.8) is 0 Å². The van der Waals surface area contributed by atoms with Gasteiger partial charge in [-0.3, -0.25) is 4.68 Å². The summed E-state index contributed by atoms with van der Waals surface area (Å²) < 4.78 is 8.52. The molecule has 2 rings (SSSR count). The molecule has 0 amide bonds. The number of thiophene rings is 1. The van der Waals surface area contributed by atoms with Crippen LogP contribution in [0.5, 0.6) is 5.75 Å². The molecule has 5 nitrogen and oxygen atoms in total. The number of halogens is 1. The monoisotopic (exact) mass is 372 g/mol. The van der Waals surface area contributed by atoms with Gasteiger partial charge in [-0.05, 0) is 48.5 Å². The summed E-state index contributed by atoms with van der Waals surface area (Å²) in [6, 6.07) is 2.05. The fourth-order valence-corrected chi connectivity index (χ4v) is 3.71. The average Bonchev–Trinajstić information content (AvgIpc) is 3.06. The molecule has 0 aromatic carbocycles. The third-order valence-electron chi connectivity index (χ3n) is 3.29. The van der Waals surface area contributed by atoms with Crippen LogP contribution in [0.2, 0.25) is 0 Å². The molecule has 2 heterocycles. The van der Waals surface area contributed by atoms with Crippen molar-refractivity contribution < 1.29 is 4.74 Å². The van der Waals surface area contributed by atoms with Crippen LogP contribution in [0.15, 0.2) is 22.1 Å². The standard InChI is InChI=1S/C14H21BrN4OS/c1-16-12(14-11(20-4)5-8-21-14)13-10(15)9-17-19(13)7-6-18(2)3/h5,8-9,12,16H,6-7H2,1-4H3. The second kappa shape index (κ2) is 7.40. The molecule has 0 spiro atoms. The van der Waals surface area contributed by atoms with Gasteiger partial charge in [0.25, 0.3) is 0 Å². The van der Waals surface area contributed by atoms with Crippen molar-refractivity contribution >= 4 is 27.3 Å². The first-order valence-electron chi connectivity index (χ1n) is 6.73. The number of nitrogens with zero attached hydrogens (tertiary/aromatic N) is 3. The van der Waals surface area contributed by atoms with Gasteiger partial charge in [-0.1, -0.05) is 0 Å². The van der Waals surface area contributed by atoms with E-state index in [-0.39, 0.29) is 6.04 Å². The molecule has 0 bridgehead atoms. The van der Waals surface area contributed by atoms with E-state index < -0.39 is 0 Å². The number of methoxy groups -OCH3 is 1. The van der Waals surface area contributed by atoms with Gasteiger partial charge in [0.1, 0.15) is 5.75 Å². The minimum atomic E-state index is 0.0546. The van der Waals surface area contributed by atoms with Crippen molar-refractivity contribution in [1.82, 2.24) is 20.0 Å². The van der Waals surface area contributed by atoms with Crippen molar-refractivity contribution in [1.29, 1.82) is 0 Å². The van der Waals surface area contributed by atoms with Gasteiger partial charge in [0.05, 0.1) is 40.9 Å². The zero-order valence-corrected chi connectivity index (χ0v) is 15.2. The molecule has 2 aromatic heterocycles. The molecule has 0 aliphatic heterocycles. The van der Waals surface area contributed by atoms with Gasteiger partial charge >= 0.3 is 0 Å². The van der Waals surface area contributed by atoms with Gasteiger partial charge in [0, 0.05) is 6.54 Å². The Morgan fingerprint density at radius 1 is 1.52 bits per heavy atom. The summed E-state index contributed by atoms with van der Waals surface area (Å²) in [5.74, 6) is 0.909. The smallest absolute Gasteiger partial charge is 0.134 e. The highest BCUT2D eigenvalue weighted by atomic mass is 79.9. The predicted octanol–water partition coefficient (Wildman–Crippen LogP) is 2.59. The molecule has 0 aliphatic rings. The summed E-state index contributed by atoms with van der Waals surface area (Å²) in [6.07, 6.45) is 1.86. The maximum absolute atomic E-state index is 5.46. The van der Waals surface area contributed by atoms with Crippen LogP contribution in [0.3, 0.4) is 0 Å². The molecule has 2 aromatic rings. The largest absolute Gasteiger partial charge is 0.496 e. The SMILES string of the molecule is CNC(c1sccc1OC)c1c(Br)cnn1CCN(C)C. The van der Waals surface area contributed by atoms with E-state index in [4.69, 9.17) is 4.74 Å². The number of hydrogen-bond donors (Lipinski definition) is 1. The molecule has 0 fully saturated rings. The predicted molar refractivity (Wildman–Crippen MR) is 90.3 cm³/mol. The van der Waals surface area contributed by atoms with E-state index in [9.17, 15) is 0 Å². The Labute approximate surface area is 138 Å². The van der Waals surface area contributed by atoms with Crippen molar-refractivity contribution in [3.05, 3.63) is 32.7 Å². The first kappa shape index (κ1) is 16.5. The molecule has 0 aliphatic carbocycles. The third-order valence-corrected chi connectivity index (χ3v) is 4.87. The first-order valence-corrected chi connectivity index (χ1v) is 8.40. The fourth-order valence-electron chi connectivity index (χ4n) is 2.21. The Hall–Kier alpha value is -0.890. The van der Waals surface area contributed by atoms with E-state index in [0.29, 0.717) is 0 Å². The van der Waals surface area contributed by atoms with E-state index in [1.165, 1.54) is 0 Å². The van der Waals surface area contributed by atoms with Crippen LogP contribution in [-0.4, -0.2) is 49.5 Å². The van der Waals surface area contributed by atoms with E-state index in [0.717, 1.165) is 33.9 Å². The van der Waals surface area contributed by atoms with E-state index in [1.807, 2.05) is 29.4 Å². The van der Waals surface area contributed by atoms with E-state index in [2.05, 4.69) is 45.3 Å². The first-order chi connectivity index (χ1) is 10.1. The molecule has 0 saturated carbocycles. The fraction of sp³-hybridized carbons (Fsp3) is 0.500. The van der Waals surface area contributed by atoms with Gasteiger partial charge in [-0.2, -0.15) is 5.10 Å². The Morgan fingerprint density at radius 3 is 2.90 bits per heavy atom. The molecular formula is C14H21BrN4OS. The van der Waals surface area contributed by atoms with Gasteiger partial charge in [0.15, 0.2) is 0 Å². The van der Waals surface area contributed by atoms with Crippen LogP contribution in [0, 0.1) is 0 Å². The molecule has 1 N–H and O–H groups in total. The molecule has 0 radical (unpaired) electrons. The van der Waals surface area contributed by atoms with Gasteiger partial charge < -0.3 is 15.0 Å². The maximum atomic E-state index is 5.46. The van der Waals surface area contributed by atoms with Crippen LogP contribution in [0.4, 0.5) is 0 Å². The number of hydrogen-bond acceptors (Lipinski definition) is 5. The van der Waals surface area contributed by atoms with Crippen molar-refractivity contribution in [2.24, 2.45) is 0 Å². The zero-order chi connectivity index (χ0) is 15.4. The van der Waals surface area contributed by atoms with E-state index in [1.54, 1.807) is 18.4 Å². The third kappa shape index (κ3) is 3.66. The lowest BCUT2D eigenvalue weighted by molar-refractivity contribution is 0.365. The quantitative estimate of drug-likeness (QED) is 0.810. The summed E-state index contributed by atoms with van der Waals surface area (Å²) >= 11 is 5.31. The lowest BCUT2D eigenvalue weighted by atomic mass is 10.1. The maximum Gasteiger partial charge on any atom is 0.134 e. The van der Waals surface area contributed by atoms with Crippen molar-refractivity contribution in [2.45, 2.75) is 12.6 Å². The molecule has 1 atom stereocenters. The highest BCUT2D eigenvalue weighted by Gasteiger charge is 2.24. The summed E-state index contributed by atoms with van der Waals surface area (Å²) in [6.45, 7) is 1.79. The van der Waals surface area contributed by atoms with Crippen LogP contribution in [0.25, 0.3) is 0 Å². The van der Waals surface area contributed by atoms with E-state index >= 15 is 0 Å². The van der Waals surface area contributed by atoms with Crippen LogP contribution < -0.4 is 10.1 Å². The average molecular weight is 373 g/mol. The van der Waals surface area contributed by atoms with Crippen LogP contribution in [-0.2, 0) is 6.54 Å². The molecule has 21 heavy (non-hydrogen) atoms. The van der Waals surface area contributed by atoms with Crippen molar-refractivity contribution in [3.8, 4) is 5.75 Å². The second-order valence-electron chi connectivity index (χ2n) is 4.98. The number of rotatable bonds is 7. The van der Waals surface area contributed by atoms with Crippen LogP contribution >= 0.6 is 27.3 Å². The Kier molecular flexibility index (Phi) is 5.80. The normalized spacial score (nSPS) is 12.9. The number of ether oxygens (including phenoxy) is 1. The molecule has 0 saturated heterocycles. The molecule has 116 valence electrons. The second-order valence-corrected chi connectivity index (χ2v) is 6.78. The lowest BCUT2D eigenvalue weighted by Gasteiger charge is -2.20. The number of likely N-dealkylation sites (N-methyl/N-ethyl adjacent to an activating group) is 1. The number of aromatic nitrogens is 2. The summed E-state index contributed by atoms with van der Waals surface area (Å²) in [5, 5.41) is 9.91. The number of nitrogens with one attached hydrogen (secondary N) is 1. The Morgan fingerprint density at radius 2 is 2.29 bits per heavy atom. The van der Waals surface area contributed by atoms with Crippen molar-refractivity contribution in [2.75, 3.05) is 34.8 Å². The minimum Gasteiger partial charge on any atom is -0.496 e. The summed E-state index contributed by atoms with van der Waals surface area (Å²) in [4.78, 5) is 3.31. The van der Waals surface area contributed by atoms with Gasteiger partial charge in [-0.15, -0.1) is 11.3 Å². The molecule has 7 heteroatoms. The van der Waals surface area contributed by atoms with Gasteiger partial charge in [-0.25, -0.2) is 0 Å². The highest BCUT2D eigenvalue weighted by molar-refractivity contribution is 9.10. The Bertz CT molecular complexity index is 581. The summed E-state index contributed by atoms with van der Waals surface area (Å²) in [5.41, 5.74) is 1.13.